The Bertz CT molecular complexity index is 57.1. The number of hydrogen-bond donors (Lipinski definition) is 1. The van der Waals surface area contributed by atoms with E-state index in [0.717, 1.165) is 11.5 Å². The predicted molar refractivity (Wildman–Crippen MR) is 32.5 cm³/mol. The number of aliphatic hydroxyl groups excluding tert-OH is 1. The Balaban J connectivity index is 2.33. The highest BCUT2D eigenvalue weighted by molar-refractivity contribution is 7.99. The molecule has 0 amide bonds. The smallest absolute Gasteiger partial charge is 0.0663 e. The lowest BCUT2D eigenvalue weighted by Crippen LogP contribution is -2.13. The van der Waals surface area contributed by atoms with Gasteiger partial charge in [-0.3, -0.25) is 0 Å². The Labute approximate surface area is 48.1 Å². The molecule has 0 aliphatic carbocycles. The van der Waals surface area contributed by atoms with E-state index in [1.165, 1.54) is 0 Å². The maximum atomic E-state index is 8.98. The summed E-state index contributed by atoms with van der Waals surface area (Å²) in [6.07, 6.45) is -0.0231. The quantitative estimate of drug-likeness (QED) is 0.506. The van der Waals surface area contributed by atoms with Gasteiger partial charge in [-0.25, -0.2) is 0 Å². The van der Waals surface area contributed by atoms with Crippen LogP contribution in [0, 0.1) is 5.92 Å². The molecule has 42 valence electrons. The lowest BCUT2D eigenvalue weighted by molar-refractivity contribution is 0.159. The molecule has 1 saturated heterocycles. The van der Waals surface area contributed by atoms with Crippen LogP contribution in [0.5, 0.6) is 0 Å². The first kappa shape index (κ1) is 5.45. The average Bonchev–Trinajstić information content (AvgIpc) is 1.91. The summed E-state index contributed by atoms with van der Waals surface area (Å²) in [5, 5.41) is 8.98. The van der Waals surface area contributed by atoms with Gasteiger partial charge in [0.1, 0.15) is 0 Å². The minimum Gasteiger partial charge on any atom is -0.392 e. The van der Waals surface area contributed by atoms with E-state index < -0.39 is 0 Å². The van der Waals surface area contributed by atoms with Crippen molar-refractivity contribution in [2.45, 2.75) is 13.0 Å². The average molecular weight is 118 g/mol. The van der Waals surface area contributed by atoms with E-state index in [2.05, 4.69) is 6.92 Å². The summed E-state index contributed by atoms with van der Waals surface area (Å²) in [6.45, 7) is 2.09. The van der Waals surface area contributed by atoms with Crippen LogP contribution in [-0.2, 0) is 0 Å². The van der Waals surface area contributed by atoms with Crippen LogP contribution in [0.15, 0.2) is 0 Å². The van der Waals surface area contributed by atoms with Gasteiger partial charge >= 0.3 is 0 Å². The lowest BCUT2D eigenvalue weighted by atomic mass is 10.1. The van der Waals surface area contributed by atoms with Crippen molar-refractivity contribution in [2.24, 2.45) is 5.92 Å². The molecular weight excluding hydrogens is 108 g/mol. The molecule has 1 N–H and O–H groups in total. The van der Waals surface area contributed by atoms with Gasteiger partial charge in [0.15, 0.2) is 0 Å². The molecule has 0 radical (unpaired) electrons. The molecule has 1 nitrogen and oxygen atoms in total. The van der Waals surface area contributed by atoms with Crippen LogP contribution >= 0.6 is 11.8 Å². The number of hydrogen-bond acceptors (Lipinski definition) is 2. The second-order valence-electron chi connectivity index (χ2n) is 2.08. The highest BCUT2D eigenvalue weighted by Gasteiger charge is 2.20. The second-order valence-corrected chi connectivity index (χ2v) is 3.16. The molecule has 1 aliphatic rings. The Morgan fingerprint density at radius 1 is 1.57 bits per heavy atom. The largest absolute Gasteiger partial charge is 0.392 e. The van der Waals surface area contributed by atoms with Gasteiger partial charge in [-0.05, 0) is 11.7 Å². The summed E-state index contributed by atoms with van der Waals surface area (Å²) in [7, 11) is 0. The molecule has 0 bridgehead atoms. The van der Waals surface area contributed by atoms with Crippen molar-refractivity contribution in [2.75, 3.05) is 11.5 Å². The van der Waals surface area contributed by atoms with Crippen molar-refractivity contribution in [3.05, 3.63) is 0 Å². The third kappa shape index (κ3) is 1.10. The van der Waals surface area contributed by atoms with Crippen molar-refractivity contribution < 1.29 is 5.11 Å². The van der Waals surface area contributed by atoms with Crippen molar-refractivity contribution in [3.63, 3.8) is 0 Å². The van der Waals surface area contributed by atoms with Gasteiger partial charge in [-0.15, -0.1) is 0 Å². The summed E-state index contributed by atoms with van der Waals surface area (Å²) < 4.78 is 0. The molecule has 0 aromatic heterocycles. The molecule has 1 fully saturated rings. The van der Waals surface area contributed by atoms with E-state index in [1.54, 1.807) is 0 Å². The van der Waals surface area contributed by atoms with Crippen molar-refractivity contribution in [1.29, 1.82) is 0 Å². The first-order valence-electron chi connectivity index (χ1n) is 2.56. The highest BCUT2D eigenvalue weighted by Crippen LogP contribution is 2.22. The molecule has 1 aliphatic heterocycles. The SMILES string of the molecule is C[C@@H]1CSC[C@@H]1O. The number of aliphatic hydroxyl groups is 1. The van der Waals surface area contributed by atoms with Crippen LogP contribution in [0.1, 0.15) is 6.92 Å². The fourth-order valence-electron chi connectivity index (χ4n) is 0.650. The maximum absolute atomic E-state index is 8.98. The third-order valence-electron chi connectivity index (χ3n) is 1.33. The summed E-state index contributed by atoms with van der Waals surface area (Å²) in [5.41, 5.74) is 0. The molecule has 1 rings (SSSR count). The Hall–Kier alpha value is 0.310. The molecule has 7 heavy (non-hydrogen) atoms. The van der Waals surface area contributed by atoms with Gasteiger partial charge in [0.25, 0.3) is 0 Å². The predicted octanol–water partition coefficient (Wildman–Crippen LogP) is 0.730. The zero-order valence-corrected chi connectivity index (χ0v) is 5.24. The lowest BCUT2D eigenvalue weighted by Gasteiger charge is -2.02. The molecule has 0 aromatic rings. The standard InChI is InChI=1S/C5H10OS/c1-4-2-7-3-5(4)6/h4-6H,2-3H2,1H3/t4-,5+/m1/s1. The molecule has 0 saturated carbocycles. The van der Waals surface area contributed by atoms with Crippen LogP contribution < -0.4 is 0 Å². The van der Waals surface area contributed by atoms with E-state index >= 15 is 0 Å². The van der Waals surface area contributed by atoms with Crippen LogP contribution in [0.3, 0.4) is 0 Å². The minimum absolute atomic E-state index is 0.0231. The minimum atomic E-state index is -0.0231. The van der Waals surface area contributed by atoms with Crippen LogP contribution in [0.4, 0.5) is 0 Å². The summed E-state index contributed by atoms with van der Waals surface area (Å²) >= 11 is 1.84. The highest BCUT2D eigenvalue weighted by atomic mass is 32.2. The molecule has 2 heteroatoms. The summed E-state index contributed by atoms with van der Waals surface area (Å²) in [4.78, 5) is 0. The van der Waals surface area contributed by atoms with E-state index in [0.29, 0.717) is 5.92 Å². The molecule has 1 heterocycles. The first-order chi connectivity index (χ1) is 3.30. The van der Waals surface area contributed by atoms with Crippen LogP contribution in [0.25, 0.3) is 0 Å². The van der Waals surface area contributed by atoms with E-state index in [9.17, 15) is 0 Å². The normalized spacial score (nSPS) is 42.0. The van der Waals surface area contributed by atoms with Gasteiger partial charge in [0.2, 0.25) is 0 Å². The monoisotopic (exact) mass is 118 g/mol. The van der Waals surface area contributed by atoms with Crippen molar-refractivity contribution in [3.8, 4) is 0 Å². The Morgan fingerprint density at radius 2 is 2.29 bits per heavy atom. The van der Waals surface area contributed by atoms with E-state index in [4.69, 9.17) is 5.11 Å². The van der Waals surface area contributed by atoms with E-state index in [-0.39, 0.29) is 6.10 Å². The molecular formula is C5H10OS. The van der Waals surface area contributed by atoms with Gasteiger partial charge in [-0.2, -0.15) is 11.8 Å². The van der Waals surface area contributed by atoms with Gasteiger partial charge in [0.05, 0.1) is 6.10 Å². The topological polar surface area (TPSA) is 20.2 Å². The zero-order chi connectivity index (χ0) is 5.28. The molecule has 0 aromatic carbocycles. The number of rotatable bonds is 0. The maximum Gasteiger partial charge on any atom is 0.0663 e. The summed E-state index contributed by atoms with van der Waals surface area (Å²) in [6, 6.07) is 0. The molecule has 0 spiro atoms. The Kier molecular flexibility index (Phi) is 1.60. The van der Waals surface area contributed by atoms with Crippen molar-refractivity contribution >= 4 is 11.8 Å². The number of thioether (sulfide) groups is 1. The third-order valence-corrected chi connectivity index (χ3v) is 2.66. The van der Waals surface area contributed by atoms with Gasteiger partial charge < -0.3 is 5.11 Å². The second kappa shape index (κ2) is 2.05. The summed E-state index contributed by atoms with van der Waals surface area (Å²) in [5.74, 6) is 2.62. The molecule has 2 atom stereocenters. The molecule has 0 unspecified atom stereocenters. The van der Waals surface area contributed by atoms with Gasteiger partial charge in [-0.1, -0.05) is 6.92 Å². The Morgan fingerprint density at radius 3 is 2.43 bits per heavy atom. The van der Waals surface area contributed by atoms with Gasteiger partial charge in [0, 0.05) is 5.75 Å². The van der Waals surface area contributed by atoms with E-state index in [1.807, 2.05) is 11.8 Å². The van der Waals surface area contributed by atoms with Crippen LogP contribution in [-0.4, -0.2) is 22.7 Å². The fraction of sp³-hybridized carbons (Fsp3) is 1.00. The van der Waals surface area contributed by atoms with Crippen LogP contribution in [0.2, 0.25) is 0 Å². The first-order valence-corrected chi connectivity index (χ1v) is 3.72. The zero-order valence-electron chi connectivity index (χ0n) is 4.42. The fourth-order valence-corrected chi connectivity index (χ4v) is 1.95. The van der Waals surface area contributed by atoms with Crippen molar-refractivity contribution in [1.82, 2.24) is 0 Å².